The van der Waals surface area contributed by atoms with E-state index in [1.165, 1.54) is 0 Å². The Balaban J connectivity index is 2.48. The molecule has 0 radical (unpaired) electrons. The number of hydrogen-bond acceptors (Lipinski definition) is 5. The van der Waals surface area contributed by atoms with E-state index in [0.717, 1.165) is 30.8 Å². The SMILES string of the molecule is CCCCOc1ccc(CNC(CO)(CO)CO)cc1. The number of aliphatic hydroxyl groups excluding tert-OH is 3. The van der Waals surface area contributed by atoms with Crippen molar-refractivity contribution in [3.8, 4) is 5.75 Å². The highest BCUT2D eigenvalue weighted by Gasteiger charge is 2.26. The fraction of sp³-hybridized carbons (Fsp3) is 0.600. The Morgan fingerprint density at radius 3 is 2.15 bits per heavy atom. The predicted molar refractivity (Wildman–Crippen MR) is 77.7 cm³/mol. The van der Waals surface area contributed by atoms with Crippen LogP contribution in [-0.2, 0) is 6.54 Å². The minimum atomic E-state index is -1.05. The van der Waals surface area contributed by atoms with E-state index in [2.05, 4.69) is 12.2 Å². The van der Waals surface area contributed by atoms with Crippen LogP contribution in [0.3, 0.4) is 0 Å². The van der Waals surface area contributed by atoms with Crippen LogP contribution in [0.25, 0.3) is 0 Å². The smallest absolute Gasteiger partial charge is 0.119 e. The van der Waals surface area contributed by atoms with Crippen molar-refractivity contribution in [1.82, 2.24) is 5.32 Å². The van der Waals surface area contributed by atoms with E-state index in [1.54, 1.807) is 0 Å². The van der Waals surface area contributed by atoms with Gasteiger partial charge in [-0.15, -0.1) is 0 Å². The molecule has 0 bridgehead atoms. The Morgan fingerprint density at radius 2 is 1.65 bits per heavy atom. The van der Waals surface area contributed by atoms with Crippen LogP contribution in [0, 0.1) is 0 Å². The largest absolute Gasteiger partial charge is 0.494 e. The molecule has 20 heavy (non-hydrogen) atoms. The van der Waals surface area contributed by atoms with E-state index in [-0.39, 0.29) is 19.8 Å². The third kappa shape index (κ3) is 5.09. The van der Waals surface area contributed by atoms with E-state index in [0.29, 0.717) is 6.54 Å². The molecule has 1 aromatic carbocycles. The van der Waals surface area contributed by atoms with E-state index in [1.807, 2.05) is 24.3 Å². The lowest BCUT2D eigenvalue weighted by atomic mass is 10.0. The van der Waals surface area contributed by atoms with Crippen LogP contribution in [0.15, 0.2) is 24.3 Å². The minimum Gasteiger partial charge on any atom is -0.494 e. The van der Waals surface area contributed by atoms with Crippen LogP contribution in [0.2, 0.25) is 0 Å². The summed E-state index contributed by atoms with van der Waals surface area (Å²) >= 11 is 0. The molecular formula is C15H25NO4. The van der Waals surface area contributed by atoms with Crippen molar-refractivity contribution in [2.75, 3.05) is 26.4 Å². The van der Waals surface area contributed by atoms with Crippen molar-refractivity contribution in [2.24, 2.45) is 0 Å². The lowest BCUT2D eigenvalue weighted by molar-refractivity contribution is 0.0414. The second-order valence-electron chi connectivity index (χ2n) is 4.95. The molecule has 0 amide bonds. The molecule has 0 unspecified atom stereocenters. The number of benzene rings is 1. The van der Waals surface area contributed by atoms with Crippen molar-refractivity contribution in [1.29, 1.82) is 0 Å². The Labute approximate surface area is 120 Å². The van der Waals surface area contributed by atoms with Gasteiger partial charge in [0.2, 0.25) is 0 Å². The second kappa shape index (κ2) is 8.92. The van der Waals surface area contributed by atoms with Crippen LogP contribution in [-0.4, -0.2) is 47.3 Å². The average molecular weight is 283 g/mol. The molecule has 5 heteroatoms. The molecular weight excluding hydrogens is 258 g/mol. The van der Waals surface area contributed by atoms with Gasteiger partial charge in [-0.05, 0) is 24.1 Å². The highest BCUT2D eigenvalue weighted by atomic mass is 16.5. The Bertz CT molecular complexity index is 354. The predicted octanol–water partition coefficient (Wildman–Crippen LogP) is 0.671. The fourth-order valence-electron chi connectivity index (χ4n) is 1.65. The second-order valence-corrected chi connectivity index (χ2v) is 4.95. The summed E-state index contributed by atoms with van der Waals surface area (Å²) in [5.74, 6) is 0.833. The van der Waals surface area contributed by atoms with E-state index < -0.39 is 5.54 Å². The molecule has 0 saturated carbocycles. The average Bonchev–Trinajstić information content (AvgIpc) is 2.51. The van der Waals surface area contributed by atoms with Gasteiger partial charge < -0.3 is 25.4 Å². The van der Waals surface area contributed by atoms with Crippen molar-refractivity contribution < 1.29 is 20.1 Å². The molecule has 0 spiro atoms. The zero-order valence-electron chi connectivity index (χ0n) is 12.0. The highest BCUT2D eigenvalue weighted by molar-refractivity contribution is 5.27. The van der Waals surface area contributed by atoms with Crippen LogP contribution >= 0.6 is 0 Å². The number of ether oxygens (including phenoxy) is 1. The Kier molecular flexibility index (Phi) is 7.54. The van der Waals surface area contributed by atoms with Crippen molar-refractivity contribution in [3.63, 3.8) is 0 Å². The summed E-state index contributed by atoms with van der Waals surface area (Å²) in [7, 11) is 0. The zero-order chi connectivity index (χ0) is 14.8. The van der Waals surface area contributed by atoms with Gasteiger partial charge in [0.1, 0.15) is 5.75 Å². The molecule has 0 heterocycles. The number of unbranched alkanes of at least 4 members (excludes halogenated alkanes) is 1. The summed E-state index contributed by atoms with van der Waals surface area (Å²) in [6.45, 7) is 2.33. The molecule has 0 aromatic heterocycles. The van der Waals surface area contributed by atoms with E-state index >= 15 is 0 Å². The lowest BCUT2D eigenvalue weighted by Gasteiger charge is -2.28. The first-order valence-corrected chi connectivity index (χ1v) is 6.99. The van der Waals surface area contributed by atoms with Gasteiger partial charge >= 0.3 is 0 Å². The molecule has 0 atom stereocenters. The summed E-state index contributed by atoms with van der Waals surface area (Å²) in [4.78, 5) is 0. The highest BCUT2D eigenvalue weighted by Crippen LogP contribution is 2.13. The van der Waals surface area contributed by atoms with Gasteiger partial charge in [-0.2, -0.15) is 0 Å². The first-order chi connectivity index (χ1) is 9.69. The minimum absolute atomic E-state index is 0.321. The third-order valence-electron chi connectivity index (χ3n) is 3.27. The maximum Gasteiger partial charge on any atom is 0.119 e. The van der Waals surface area contributed by atoms with Gasteiger partial charge in [0.15, 0.2) is 0 Å². The fourth-order valence-corrected chi connectivity index (χ4v) is 1.65. The first-order valence-electron chi connectivity index (χ1n) is 6.99. The molecule has 0 aliphatic heterocycles. The molecule has 0 aliphatic carbocycles. The summed E-state index contributed by atoms with van der Waals surface area (Å²) in [5, 5.41) is 30.6. The van der Waals surface area contributed by atoms with Crippen LogP contribution < -0.4 is 10.1 Å². The van der Waals surface area contributed by atoms with Gasteiger partial charge in [0.25, 0.3) is 0 Å². The summed E-state index contributed by atoms with van der Waals surface area (Å²) < 4.78 is 5.57. The standard InChI is InChI=1S/C15H25NO4/c1-2-3-8-20-14-6-4-13(5-7-14)9-16-15(10-17,11-18)12-19/h4-7,16-19H,2-3,8-12H2,1H3. The third-order valence-corrected chi connectivity index (χ3v) is 3.27. The van der Waals surface area contributed by atoms with Crippen molar-refractivity contribution in [2.45, 2.75) is 31.8 Å². The normalized spacial score (nSPS) is 11.6. The van der Waals surface area contributed by atoms with Crippen LogP contribution in [0.4, 0.5) is 0 Å². The van der Waals surface area contributed by atoms with Gasteiger partial charge in [-0.3, -0.25) is 0 Å². The molecule has 1 aromatic rings. The Morgan fingerprint density at radius 1 is 1.05 bits per heavy atom. The summed E-state index contributed by atoms with van der Waals surface area (Å²) in [5.41, 5.74) is -0.0522. The zero-order valence-corrected chi connectivity index (χ0v) is 12.0. The number of rotatable bonds is 10. The lowest BCUT2D eigenvalue weighted by Crippen LogP contribution is -2.54. The van der Waals surface area contributed by atoms with Crippen molar-refractivity contribution in [3.05, 3.63) is 29.8 Å². The first kappa shape index (κ1) is 16.9. The van der Waals surface area contributed by atoms with E-state index in [9.17, 15) is 15.3 Å². The van der Waals surface area contributed by atoms with Gasteiger partial charge in [0, 0.05) is 6.54 Å². The molecule has 0 aliphatic rings. The van der Waals surface area contributed by atoms with Crippen LogP contribution in [0.5, 0.6) is 5.75 Å². The Hall–Kier alpha value is -1.14. The molecule has 5 nitrogen and oxygen atoms in total. The summed E-state index contributed by atoms with van der Waals surface area (Å²) in [6.07, 6.45) is 2.14. The molecule has 0 fully saturated rings. The number of hydrogen-bond donors (Lipinski definition) is 4. The molecule has 1 rings (SSSR count). The number of aliphatic hydroxyl groups is 3. The molecule has 114 valence electrons. The molecule has 0 saturated heterocycles. The van der Waals surface area contributed by atoms with Crippen LogP contribution in [0.1, 0.15) is 25.3 Å². The maximum atomic E-state index is 9.22. The van der Waals surface area contributed by atoms with Gasteiger partial charge in [-0.25, -0.2) is 0 Å². The summed E-state index contributed by atoms with van der Waals surface area (Å²) in [6, 6.07) is 7.63. The van der Waals surface area contributed by atoms with Gasteiger partial charge in [0.05, 0.1) is 32.0 Å². The molecule has 4 N–H and O–H groups in total. The van der Waals surface area contributed by atoms with Gasteiger partial charge in [-0.1, -0.05) is 25.5 Å². The van der Waals surface area contributed by atoms with E-state index in [4.69, 9.17) is 4.74 Å². The quantitative estimate of drug-likeness (QED) is 0.475. The maximum absolute atomic E-state index is 9.22. The number of nitrogens with one attached hydrogen (secondary N) is 1. The topological polar surface area (TPSA) is 82.0 Å². The van der Waals surface area contributed by atoms with Crippen molar-refractivity contribution >= 4 is 0 Å². The monoisotopic (exact) mass is 283 g/mol.